The predicted molar refractivity (Wildman–Crippen MR) is 85.5 cm³/mol. The Morgan fingerprint density at radius 1 is 1.23 bits per heavy atom. The van der Waals surface area contributed by atoms with E-state index in [0.29, 0.717) is 11.4 Å². The Balaban J connectivity index is 2.02. The van der Waals surface area contributed by atoms with Gasteiger partial charge in [0.2, 0.25) is 0 Å². The zero-order chi connectivity index (χ0) is 15.9. The lowest BCUT2D eigenvalue weighted by Crippen LogP contribution is -2.45. The van der Waals surface area contributed by atoms with Gasteiger partial charge >= 0.3 is 5.69 Å². The average molecular weight is 303 g/mol. The smallest absolute Gasteiger partial charge is 0.329 e. The predicted octanol–water partition coefficient (Wildman–Crippen LogP) is 1.44. The molecule has 22 heavy (non-hydrogen) atoms. The summed E-state index contributed by atoms with van der Waals surface area (Å²) in [7, 11) is 0. The molecule has 1 aliphatic heterocycles. The number of aromatic nitrogens is 2. The molecule has 2 aromatic rings. The first-order valence-corrected chi connectivity index (χ1v) is 7.69. The number of aromatic hydroxyl groups is 1. The molecule has 0 bridgehead atoms. The molecule has 0 unspecified atom stereocenters. The maximum atomic E-state index is 12.6. The van der Waals surface area contributed by atoms with Crippen molar-refractivity contribution in [1.82, 2.24) is 14.5 Å². The maximum Gasteiger partial charge on any atom is 0.329 e. The highest BCUT2D eigenvalue weighted by atomic mass is 16.3. The Labute approximate surface area is 128 Å². The summed E-state index contributed by atoms with van der Waals surface area (Å²) in [5.74, 6) is -0.0755. The van der Waals surface area contributed by atoms with Gasteiger partial charge in [0.25, 0.3) is 5.56 Å². The summed E-state index contributed by atoms with van der Waals surface area (Å²) in [6.45, 7) is 6.06. The highest BCUT2D eigenvalue weighted by Crippen LogP contribution is 2.23. The number of H-pyrrole nitrogens is 1. The van der Waals surface area contributed by atoms with Gasteiger partial charge < -0.3 is 15.0 Å². The van der Waals surface area contributed by atoms with Crippen LogP contribution in [0.25, 0.3) is 10.9 Å². The molecule has 0 aliphatic carbocycles. The molecule has 2 N–H and O–H groups in total. The largest absolute Gasteiger partial charge is 0.506 e. The van der Waals surface area contributed by atoms with Gasteiger partial charge in [0, 0.05) is 25.2 Å². The molecule has 1 fully saturated rings. The van der Waals surface area contributed by atoms with E-state index in [1.165, 1.54) is 10.6 Å². The monoisotopic (exact) mass is 303 g/mol. The lowest BCUT2D eigenvalue weighted by atomic mass is 10.0. The third kappa shape index (κ3) is 2.43. The molecule has 118 valence electrons. The Morgan fingerprint density at radius 2 is 1.91 bits per heavy atom. The van der Waals surface area contributed by atoms with E-state index in [4.69, 9.17) is 0 Å². The van der Waals surface area contributed by atoms with E-state index in [2.05, 4.69) is 23.7 Å². The quantitative estimate of drug-likeness (QED) is 0.880. The van der Waals surface area contributed by atoms with Gasteiger partial charge in [-0.05, 0) is 38.8 Å². The molecule has 0 radical (unpaired) electrons. The van der Waals surface area contributed by atoms with Crippen molar-refractivity contribution in [3.8, 4) is 5.75 Å². The molecule has 0 saturated carbocycles. The van der Waals surface area contributed by atoms with Gasteiger partial charge in [-0.1, -0.05) is 6.07 Å². The van der Waals surface area contributed by atoms with Crippen LogP contribution >= 0.6 is 0 Å². The highest BCUT2D eigenvalue weighted by molar-refractivity contribution is 5.82. The molecule has 1 aromatic carbocycles. The SMILES string of the molecule is CC(C)N1CCC(n2c(=O)[nH]c3c(O)cccc3c2=O)CC1. The van der Waals surface area contributed by atoms with Crippen molar-refractivity contribution in [3.05, 3.63) is 39.0 Å². The first-order valence-electron chi connectivity index (χ1n) is 7.69. The van der Waals surface area contributed by atoms with Gasteiger partial charge in [-0.3, -0.25) is 9.36 Å². The second kappa shape index (κ2) is 5.61. The van der Waals surface area contributed by atoms with Crippen LogP contribution in [0.3, 0.4) is 0 Å². The number of benzene rings is 1. The standard InChI is InChI=1S/C16H21N3O3/c1-10(2)18-8-6-11(7-9-18)19-15(21)12-4-3-5-13(20)14(12)17-16(19)22/h3-5,10-11,20H,6-9H2,1-2H3,(H,17,22). The van der Waals surface area contributed by atoms with Crippen molar-refractivity contribution >= 4 is 10.9 Å². The normalized spacial score (nSPS) is 17.4. The van der Waals surface area contributed by atoms with Crippen molar-refractivity contribution in [2.75, 3.05) is 13.1 Å². The second-order valence-corrected chi connectivity index (χ2v) is 6.17. The number of nitrogens with one attached hydrogen (secondary N) is 1. The van der Waals surface area contributed by atoms with Gasteiger partial charge in [-0.15, -0.1) is 0 Å². The fourth-order valence-corrected chi connectivity index (χ4v) is 3.23. The summed E-state index contributed by atoms with van der Waals surface area (Å²) in [6.07, 6.45) is 1.57. The first-order chi connectivity index (χ1) is 10.5. The Hall–Kier alpha value is -2.08. The molecule has 3 rings (SSSR count). The molecule has 6 nitrogen and oxygen atoms in total. The molecule has 1 aliphatic rings. The van der Waals surface area contributed by atoms with Gasteiger partial charge in [0.05, 0.1) is 10.9 Å². The summed E-state index contributed by atoms with van der Waals surface area (Å²) in [4.78, 5) is 29.9. The van der Waals surface area contributed by atoms with E-state index in [1.54, 1.807) is 12.1 Å². The van der Waals surface area contributed by atoms with Crippen LogP contribution in [-0.4, -0.2) is 38.7 Å². The second-order valence-electron chi connectivity index (χ2n) is 6.17. The van der Waals surface area contributed by atoms with Crippen molar-refractivity contribution in [1.29, 1.82) is 0 Å². The number of para-hydroxylation sites is 1. The van der Waals surface area contributed by atoms with Crippen LogP contribution in [0.2, 0.25) is 0 Å². The number of phenols is 1. The van der Waals surface area contributed by atoms with E-state index in [1.807, 2.05) is 0 Å². The van der Waals surface area contributed by atoms with Crippen LogP contribution in [0.5, 0.6) is 5.75 Å². The van der Waals surface area contributed by atoms with Crippen molar-refractivity contribution in [3.63, 3.8) is 0 Å². The molecule has 0 spiro atoms. The zero-order valence-electron chi connectivity index (χ0n) is 12.9. The Morgan fingerprint density at radius 3 is 2.55 bits per heavy atom. The number of likely N-dealkylation sites (tertiary alicyclic amines) is 1. The number of fused-ring (bicyclic) bond motifs is 1. The molecular formula is C16H21N3O3. The van der Waals surface area contributed by atoms with Crippen LogP contribution < -0.4 is 11.2 Å². The van der Waals surface area contributed by atoms with E-state index < -0.39 is 5.69 Å². The van der Waals surface area contributed by atoms with Crippen LogP contribution in [0.4, 0.5) is 0 Å². The fourth-order valence-electron chi connectivity index (χ4n) is 3.23. The summed E-state index contributed by atoms with van der Waals surface area (Å²) >= 11 is 0. The Bertz CT molecular complexity index is 798. The van der Waals surface area contributed by atoms with Gasteiger partial charge in [-0.2, -0.15) is 0 Å². The molecule has 0 amide bonds. The van der Waals surface area contributed by atoms with Crippen molar-refractivity contribution < 1.29 is 5.11 Å². The molecular weight excluding hydrogens is 282 g/mol. The summed E-state index contributed by atoms with van der Waals surface area (Å²) < 4.78 is 1.32. The average Bonchev–Trinajstić information content (AvgIpc) is 2.49. The minimum atomic E-state index is -0.443. The van der Waals surface area contributed by atoms with E-state index in [-0.39, 0.29) is 22.9 Å². The molecule has 6 heteroatoms. The number of aromatic amines is 1. The lowest BCUT2D eigenvalue weighted by Gasteiger charge is -2.34. The third-order valence-corrected chi connectivity index (χ3v) is 4.54. The molecule has 1 aromatic heterocycles. The number of rotatable bonds is 2. The first kappa shape index (κ1) is 14.8. The van der Waals surface area contributed by atoms with Gasteiger partial charge in [0.1, 0.15) is 5.75 Å². The summed E-state index contributed by atoms with van der Waals surface area (Å²) in [6, 6.07) is 5.10. The summed E-state index contributed by atoms with van der Waals surface area (Å²) in [5.41, 5.74) is -0.548. The van der Waals surface area contributed by atoms with Crippen LogP contribution in [0.1, 0.15) is 32.7 Å². The number of hydrogen-bond donors (Lipinski definition) is 2. The number of piperidine rings is 1. The van der Waals surface area contributed by atoms with E-state index in [9.17, 15) is 14.7 Å². The van der Waals surface area contributed by atoms with Gasteiger partial charge in [-0.25, -0.2) is 4.79 Å². The number of phenolic OH excluding ortho intramolecular Hbond substituents is 1. The lowest BCUT2D eigenvalue weighted by molar-refractivity contribution is 0.149. The van der Waals surface area contributed by atoms with Crippen LogP contribution in [0, 0.1) is 0 Å². The fraction of sp³-hybridized carbons (Fsp3) is 0.500. The minimum absolute atomic E-state index is 0.0755. The Kier molecular flexibility index (Phi) is 3.78. The third-order valence-electron chi connectivity index (χ3n) is 4.54. The maximum absolute atomic E-state index is 12.6. The van der Waals surface area contributed by atoms with E-state index in [0.717, 1.165) is 25.9 Å². The zero-order valence-corrected chi connectivity index (χ0v) is 12.9. The van der Waals surface area contributed by atoms with Crippen molar-refractivity contribution in [2.24, 2.45) is 0 Å². The van der Waals surface area contributed by atoms with E-state index >= 15 is 0 Å². The number of hydrogen-bond acceptors (Lipinski definition) is 4. The minimum Gasteiger partial charge on any atom is -0.506 e. The molecule has 1 saturated heterocycles. The van der Waals surface area contributed by atoms with Crippen LogP contribution in [0.15, 0.2) is 27.8 Å². The highest BCUT2D eigenvalue weighted by Gasteiger charge is 2.25. The summed E-state index contributed by atoms with van der Waals surface area (Å²) in [5, 5.41) is 10.1. The topological polar surface area (TPSA) is 78.3 Å². The number of nitrogens with zero attached hydrogens (tertiary/aromatic N) is 2. The van der Waals surface area contributed by atoms with Crippen molar-refractivity contribution in [2.45, 2.75) is 38.8 Å². The van der Waals surface area contributed by atoms with Crippen LogP contribution in [-0.2, 0) is 0 Å². The molecule has 2 heterocycles. The molecule has 0 atom stereocenters. The van der Waals surface area contributed by atoms with Gasteiger partial charge in [0.15, 0.2) is 0 Å².